The zero-order valence-corrected chi connectivity index (χ0v) is 14.8. The molecule has 1 unspecified atom stereocenters. The maximum Gasteiger partial charge on any atom is 0.255 e. The summed E-state index contributed by atoms with van der Waals surface area (Å²) in [6.07, 6.45) is 0.485. The minimum absolute atomic E-state index is 0.0710. The van der Waals surface area contributed by atoms with Crippen LogP contribution < -0.4 is 5.73 Å². The van der Waals surface area contributed by atoms with Gasteiger partial charge in [0.2, 0.25) is 11.8 Å². The van der Waals surface area contributed by atoms with Crippen LogP contribution >= 0.6 is 11.8 Å². The van der Waals surface area contributed by atoms with Crippen LogP contribution in [-0.4, -0.2) is 59.0 Å². The van der Waals surface area contributed by atoms with Gasteiger partial charge in [-0.15, -0.1) is 11.8 Å². The summed E-state index contributed by atoms with van der Waals surface area (Å²) in [5, 5.41) is -0.405. The molecule has 6 nitrogen and oxygen atoms in total. The summed E-state index contributed by atoms with van der Waals surface area (Å²) in [6.45, 7) is 5.73. The van der Waals surface area contributed by atoms with Crippen molar-refractivity contribution >= 4 is 29.5 Å². The predicted molar refractivity (Wildman–Crippen MR) is 93.7 cm³/mol. The van der Waals surface area contributed by atoms with E-state index in [1.165, 1.54) is 11.8 Å². The minimum Gasteiger partial charge on any atom is -0.369 e. The highest BCUT2D eigenvalue weighted by Crippen LogP contribution is 2.28. The number of carbonyl (C=O) groups excluding carboxylic acids is 3. The Bertz CT molecular complexity index is 627. The summed E-state index contributed by atoms with van der Waals surface area (Å²) in [5.74, 6) is -0.361. The van der Waals surface area contributed by atoms with Crippen molar-refractivity contribution in [2.45, 2.75) is 30.4 Å². The fraction of sp³-hybridized carbons (Fsp3) is 0.471. The minimum atomic E-state index is -0.408. The Morgan fingerprint density at radius 2 is 1.71 bits per heavy atom. The monoisotopic (exact) mass is 349 g/mol. The molecule has 1 saturated heterocycles. The van der Waals surface area contributed by atoms with Crippen molar-refractivity contribution in [3.05, 3.63) is 29.8 Å². The van der Waals surface area contributed by atoms with Gasteiger partial charge in [-0.05, 0) is 19.1 Å². The molecule has 7 heteroatoms. The van der Waals surface area contributed by atoms with Crippen LogP contribution in [0.25, 0.3) is 0 Å². The van der Waals surface area contributed by atoms with E-state index in [0.29, 0.717) is 38.2 Å². The number of nitrogens with zero attached hydrogens (tertiary/aromatic N) is 2. The number of benzene rings is 1. The van der Waals surface area contributed by atoms with Gasteiger partial charge in [0.05, 0.1) is 10.8 Å². The molecule has 1 aromatic carbocycles. The maximum atomic E-state index is 12.8. The first-order valence-electron chi connectivity index (χ1n) is 8.06. The molecule has 1 atom stereocenters. The molecule has 1 aliphatic rings. The molecule has 0 radical (unpaired) electrons. The fourth-order valence-corrected chi connectivity index (χ4v) is 3.48. The predicted octanol–water partition coefficient (Wildman–Crippen LogP) is 1.35. The first-order chi connectivity index (χ1) is 11.4. The Labute approximate surface area is 146 Å². The Balaban J connectivity index is 2.08. The topological polar surface area (TPSA) is 83.7 Å². The van der Waals surface area contributed by atoms with Gasteiger partial charge in [0, 0.05) is 37.5 Å². The number of thioether (sulfide) groups is 1. The first kappa shape index (κ1) is 18.3. The molecule has 0 saturated carbocycles. The van der Waals surface area contributed by atoms with Gasteiger partial charge in [0.15, 0.2) is 0 Å². The van der Waals surface area contributed by atoms with Crippen LogP contribution in [0.3, 0.4) is 0 Å². The SMILES string of the molecule is CCC(=O)N1CCN(C(=O)c2ccccc2SC(C)C(N)=O)CC1. The molecule has 0 aliphatic carbocycles. The van der Waals surface area contributed by atoms with Crippen molar-refractivity contribution < 1.29 is 14.4 Å². The molecule has 24 heavy (non-hydrogen) atoms. The second-order valence-electron chi connectivity index (χ2n) is 5.69. The van der Waals surface area contributed by atoms with Crippen LogP contribution in [0.2, 0.25) is 0 Å². The average Bonchev–Trinajstić information content (AvgIpc) is 2.61. The van der Waals surface area contributed by atoms with Crippen LogP contribution in [0, 0.1) is 0 Å². The molecule has 1 fully saturated rings. The van der Waals surface area contributed by atoms with E-state index in [1.807, 2.05) is 25.1 Å². The Morgan fingerprint density at radius 1 is 1.12 bits per heavy atom. The number of hydrogen-bond acceptors (Lipinski definition) is 4. The third-order valence-corrected chi connectivity index (χ3v) is 5.24. The number of nitrogens with two attached hydrogens (primary N) is 1. The van der Waals surface area contributed by atoms with E-state index in [2.05, 4.69) is 0 Å². The average molecular weight is 349 g/mol. The molecular formula is C17H23N3O3S. The van der Waals surface area contributed by atoms with Gasteiger partial charge in [0.25, 0.3) is 5.91 Å². The summed E-state index contributed by atoms with van der Waals surface area (Å²) in [4.78, 5) is 40.1. The smallest absolute Gasteiger partial charge is 0.255 e. The number of amides is 3. The van der Waals surface area contributed by atoms with Gasteiger partial charge in [-0.3, -0.25) is 14.4 Å². The second kappa shape index (κ2) is 8.19. The van der Waals surface area contributed by atoms with E-state index in [4.69, 9.17) is 5.73 Å². The summed E-state index contributed by atoms with van der Waals surface area (Å²) < 4.78 is 0. The first-order valence-corrected chi connectivity index (χ1v) is 8.94. The number of piperazine rings is 1. The highest BCUT2D eigenvalue weighted by molar-refractivity contribution is 8.00. The summed E-state index contributed by atoms with van der Waals surface area (Å²) in [6, 6.07) is 7.24. The van der Waals surface area contributed by atoms with Crippen molar-refractivity contribution in [2.75, 3.05) is 26.2 Å². The normalized spacial score (nSPS) is 15.9. The van der Waals surface area contributed by atoms with Crippen molar-refractivity contribution in [3.8, 4) is 0 Å². The Kier molecular flexibility index (Phi) is 6.25. The van der Waals surface area contributed by atoms with E-state index >= 15 is 0 Å². The van der Waals surface area contributed by atoms with E-state index in [-0.39, 0.29) is 11.8 Å². The van der Waals surface area contributed by atoms with Crippen LogP contribution in [0.4, 0.5) is 0 Å². The zero-order chi connectivity index (χ0) is 17.7. The highest BCUT2D eigenvalue weighted by Gasteiger charge is 2.26. The summed E-state index contributed by atoms with van der Waals surface area (Å²) in [7, 11) is 0. The van der Waals surface area contributed by atoms with Crippen molar-refractivity contribution in [2.24, 2.45) is 5.73 Å². The molecule has 0 spiro atoms. The fourth-order valence-electron chi connectivity index (χ4n) is 2.55. The molecule has 3 amide bonds. The third-order valence-electron chi connectivity index (χ3n) is 4.04. The molecule has 1 aliphatic heterocycles. The number of rotatable bonds is 5. The largest absolute Gasteiger partial charge is 0.369 e. The molecule has 0 bridgehead atoms. The molecule has 130 valence electrons. The Morgan fingerprint density at radius 3 is 2.29 bits per heavy atom. The van der Waals surface area contributed by atoms with E-state index in [9.17, 15) is 14.4 Å². The maximum absolute atomic E-state index is 12.8. The number of hydrogen-bond donors (Lipinski definition) is 1. The number of carbonyl (C=O) groups is 3. The zero-order valence-electron chi connectivity index (χ0n) is 14.0. The van der Waals surface area contributed by atoms with Crippen LogP contribution in [0.5, 0.6) is 0 Å². The van der Waals surface area contributed by atoms with Crippen LogP contribution in [0.1, 0.15) is 30.6 Å². The van der Waals surface area contributed by atoms with Gasteiger partial charge in [-0.1, -0.05) is 19.1 Å². The second-order valence-corrected chi connectivity index (χ2v) is 7.07. The van der Waals surface area contributed by atoms with Crippen LogP contribution in [0.15, 0.2) is 29.2 Å². The lowest BCUT2D eigenvalue weighted by Gasteiger charge is -2.35. The van der Waals surface area contributed by atoms with Crippen LogP contribution in [-0.2, 0) is 9.59 Å². The standard InChI is InChI=1S/C17H23N3O3S/c1-3-15(21)19-8-10-20(11-9-19)17(23)13-6-4-5-7-14(13)24-12(2)16(18)22/h4-7,12H,3,8-11H2,1-2H3,(H2,18,22). The molecule has 2 rings (SSSR count). The lowest BCUT2D eigenvalue weighted by atomic mass is 10.1. The molecular weight excluding hydrogens is 326 g/mol. The summed E-state index contributed by atoms with van der Waals surface area (Å²) >= 11 is 1.29. The highest BCUT2D eigenvalue weighted by atomic mass is 32.2. The number of primary amides is 1. The van der Waals surface area contributed by atoms with Crippen molar-refractivity contribution in [1.29, 1.82) is 0 Å². The van der Waals surface area contributed by atoms with E-state index < -0.39 is 11.2 Å². The van der Waals surface area contributed by atoms with Crippen molar-refractivity contribution in [3.63, 3.8) is 0 Å². The quantitative estimate of drug-likeness (QED) is 0.813. The Hall–Kier alpha value is -2.02. The van der Waals surface area contributed by atoms with E-state index in [0.717, 1.165) is 4.90 Å². The van der Waals surface area contributed by atoms with Gasteiger partial charge in [-0.2, -0.15) is 0 Å². The lowest BCUT2D eigenvalue weighted by Crippen LogP contribution is -2.50. The van der Waals surface area contributed by atoms with Gasteiger partial charge in [-0.25, -0.2) is 0 Å². The molecule has 2 N–H and O–H groups in total. The lowest BCUT2D eigenvalue weighted by molar-refractivity contribution is -0.132. The van der Waals surface area contributed by atoms with E-state index in [1.54, 1.807) is 22.8 Å². The molecule has 0 aromatic heterocycles. The van der Waals surface area contributed by atoms with Gasteiger partial charge < -0.3 is 15.5 Å². The van der Waals surface area contributed by atoms with Crippen molar-refractivity contribution in [1.82, 2.24) is 9.80 Å². The third kappa shape index (κ3) is 4.29. The summed E-state index contributed by atoms with van der Waals surface area (Å²) in [5.41, 5.74) is 5.89. The molecule has 1 heterocycles. The van der Waals surface area contributed by atoms with Gasteiger partial charge in [0.1, 0.15) is 0 Å². The molecule has 1 aromatic rings. The van der Waals surface area contributed by atoms with Gasteiger partial charge >= 0.3 is 0 Å².